The highest BCUT2D eigenvalue weighted by molar-refractivity contribution is 5.74. The van der Waals surface area contributed by atoms with Gasteiger partial charge in [-0.15, -0.1) is 0 Å². The Morgan fingerprint density at radius 3 is 3.00 bits per heavy atom. The number of halogens is 1. The third-order valence-corrected chi connectivity index (χ3v) is 4.23. The number of amides is 2. The van der Waals surface area contributed by atoms with Gasteiger partial charge >= 0.3 is 6.03 Å². The van der Waals surface area contributed by atoms with E-state index >= 15 is 0 Å². The highest BCUT2D eigenvalue weighted by atomic mass is 19.1. The van der Waals surface area contributed by atoms with Crippen molar-refractivity contribution in [1.82, 2.24) is 10.2 Å². The summed E-state index contributed by atoms with van der Waals surface area (Å²) in [6.07, 6.45) is 1.79. The molecule has 1 fully saturated rings. The van der Waals surface area contributed by atoms with Crippen LogP contribution in [0.25, 0.3) is 0 Å². The molecule has 2 amide bonds. The average Bonchev–Trinajstić information content (AvgIpc) is 2.55. The van der Waals surface area contributed by atoms with Gasteiger partial charge < -0.3 is 20.2 Å². The molecule has 1 aliphatic heterocycles. The number of carbonyl (C=O) groups is 1. The molecule has 0 spiro atoms. The predicted molar refractivity (Wildman–Crippen MR) is 89.2 cm³/mol. The van der Waals surface area contributed by atoms with Crippen molar-refractivity contribution in [3.05, 3.63) is 29.6 Å². The Labute approximate surface area is 137 Å². The summed E-state index contributed by atoms with van der Waals surface area (Å²) in [4.78, 5) is 15.8. The van der Waals surface area contributed by atoms with Crippen LogP contribution in [0.3, 0.4) is 0 Å². The quantitative estimate of drug-likeness (QED) is 0.873. The molecule has 1 unspecified atom stereocenters. The highest BCUT2D eigenvalue weighted by Gasteiger charge is 2.24. The molecule has 1 heterocycles. The second kappa shape index (κ2) is 8.15. The Balaban J connectivity index is 2.00. The first-order chi connectivity index (χ1) is 11.0. The van der Waals surface area contributed by atoms with Crippen molar-refractivity contribution in [3.8, 4) is 0 Å². The first-order valence-electron chi connectivity index (χ1n) is 8.22. The van der Waals surface area contributed by atoms with Crippen molar-refractivity contribution < 1.29 is 14.3 Å². The largest absolute Gasteiger partial charge is 0.395 e. The number of nitrogens with one attached hydrogen (secondary N) is 1. The van der Waals surface area contributed by atoms with Crippen molar-refractivity contribution >= 4 is 11.7 Å². The molecule has 1 aromatic rings. The zero-order valence-corrected chi connectivity index (χ0v) is 13.9. The summed E-state index contributed by atoms with van der Waals surface area (Å²) in [5.41, 5.74) is 1.62. The summed E-state index contributed by atoms with van der Waals surface area (Å²) in [6.45, 7) is 6.04. The molecule has 2 N–H and O–H groups in total. The predicted octanol–water partition coefficient (Wildman–Crippen LogP) is 2.13. The van der Waals surface area contributed by atoms with Crippen LogP contribution in [0.4, 0.5) is 14.9 Å². The molecule has 5 nitrogen and oxygen atoms in total. The van der Waals surface area contributed by atoms with Crippen LogP contribution in [-0.2, 0) is 0 Å². The maximum Gasteiger partial charge on any atom is 0.317 e. The minimum absolute atomic E-state index is 0.0103. The summed E-state index contributed by atoms with van der Waals surface area (Å²) in [6, 6.07) is 4.93. The van der Waals surface area contributed by atoms with Gasteiger partial charge in [-0.05, 0) is 44.4 Å². The lowest BCUT2D eigenvalue weighted by atomic mass is 10.0. The third kappa shape index (κ3) is 4.58. The summed E-state index contributed by atoms with van der Waals surface area (Å²) < 4.78 is 14.1. The molecule has 1 atom stereocenters. The highest BCUT2D eigenvalue weighted by Crippen LogP contribution is 2.24. The number of hydrogen-bond acceptors (Lipinski definition) is 3. The van der Waals surface area contributed by atoms with Crippen LogP contribution in [0.15, 0.2) is 18.2 Å². The van der Waals surface area contributed by atoms with Crippen LogP contribution < -0.4 is 10.2 Å². The van der Waals surface area contributed by atoms with Crippen LogP contribution in [0.2, 0.25) is 0 Å². The number of piperidine rings is 1. The van der Waals surface area contributed by atoms with E-state index in [9.17, 15) is 9.18 Å². The van der Waals surface area contributed by atoms with Gasteiger partial charge in [-0.25, -0.2) is 9.18 Å². The molecule has 23 heavy (non-hydrogen) atoms. The number of aliphatic hydroxyl groups excluding tert-OH is 1. The van der Waals surface area contributed by atoms with Gasteiger partial charge in [0, 0.05) is 32.2 Å². The molecule has 0 bridgehead atoms. The normalized spacial score (nSPS) is 17.9. The van der Waals surface area contributed by atoms with Gasteiger partial charge in [-0.3, -0.25) is 0 Å². The van der Waals surface area contributed by atoms with E-state index in [0.29, 0.717) is 25.3 Å². The summed E-state index contributed by atoms with van der Waals surface area (Å²) >= 11 is 0. The van der Waals surface area contributed by atoms with Gasteiger partial charge in [-0.1, -0.05) is 6.07 Å². The zero-order chi connectivity index (χ0) is 16.8. The van der Waals surface area contributed by atoms with E-state index in [-0.39, 0.29) is 24.5 Å². The summed E-state index contributed by atoms with van der Waals surface area (Å²) in [7, 11) is 0. The van der Waals surface area contributed by atoms with E-state index in [2.05, 4.69) is 5.32 Å². The van der Waals surface area contributed by atoms with Crippen LogP contribution in [0.5, 0.6) is 0 Å². The van der Waals surface area contributed by atoms with Crippen LogP contribution in [-0.4, -0.2) is 54.9 Å². The maximum absolute atomic E-state index is 14.1. The van der Waals surface area contributed by atoms with Gasteiger partial charge in [0.25, 0.3) is 0 Å². The Hall–Kier alpha value is -1.82. The van der Waals surface area contributed by atoms with Gasteiger partial charge in [0.15, 0.2) is 0 Å². The number of benzene rings is 1. The fourth-order valence-electron chi connectivity index (χ4n) is 2.97. The minimum Gasteiger partial charge on any atom is -0.395 e. The van der Waals surface area contributed by atoms with E-state index in [1.54, 1.807) is 11.0 Å². The SMILES string of the molecule is CCN(CCO)C(=O)NC1CCCN(c2cc(C)ccc2F)C1. The molecule has 0 aliphatic carbocycles. The van der Waals surface area contributed by atoms with E-state index < -0.39 is 0 Å². The number of carbonyl (C=O) groups excluding carboxylic acids is 1. The lowest BCUT2D eigenvalue weighted by Gasteiger charge is -2.36. The number of hydrogen-bond donors (Lipinski definition) is 2. The lowest BCUT2D eigenvalue weighted by molar-refractivity contribution is 0.176. The fourth-order valence-corrected chi connectivity index (χ4v) is 2.97. The van der Waals surface area contributed by atoms with Crippen molar-refractivity contribution in [2.45, 2.75) is 32.7 Å². The number of urea groups is 1. The van der Waals surface area contributed by atoms with Crippen molar-refractivity contribution in [2.24, 2.45) is 0 Å². The first kappa shape index (κ1) is 17.5. The Kier molecular flexibility index (Phi) is 6.21. The molecule has 0 aromatic heterocycles. The number of nitrogens with zero attached hydrogens (tertiary/aromatic N) is 2. The molecule has 2 rings (SSSR count). The zero-order valence-electron chi connectivity index (χ0n) is 13.9. The second-order valence-corrected chi connectivity index (χ2v) is 5.99. The first-order valence-corrected chi connectivity index (χ1v) is 8.22. The average molecular weight is 323 g/mol. The van der Waals surface area contributed by atoms with Crippen LogP contribution >= 0.6 is 0 Å². The van der Waals surface area contributed by atoms with Gasteiger partial charge in [-0.2, -0.15) is 0 Å². The Morgan fingerprint density at radius 1 is 1.52 bits per heavy atom. The maximum atomic E-state index is 14.1. The van der Waals surface area contributed by atoms with Crippen molar-refractivity contribution in [2.75, 3.05) is 37.7 Å². The smallest absolute Gasteiger partial charge is 0.317 e. The van der Waals surface area contributed by atoms with Gasteiger partial charge in [0.05, 0.1) is 12.3 Å². The topological polar surface area (TPSA) is 55.8 Å². The standard InChI is InChI=1S/C17H26FN3O2/c1-3-20(9-10-22)17(23)19-14-5-4-8-21(12-14)16-11-13(2)6-7-15(16)18/h6-7,11,14,22H,3-5,8-10,12H2,1-2H3,(H,19,23). The monoisotopic (exact) mass is 323 g/mol. The number of anilines is 1. The van der Waals surface area contributed by atoms with E-state index in [1.165, 1.54) is 6.07 Å². The number of aryl methyl sites for hydroxylation is 1. The Morgan fingerprint density at radius 2 is 2.30 bits per heavy atom. The summed E-state index contributed by atoms with van der Waals surface area (Å²) in [5, 5.41) is 12.0. The molecule has 1 aliphatic rings. The number of rotatable bonds is 5. The molecular weight excluding hydrogens is 297 g/mol. The van der Waals surface area contributed by atoms with Crippen LogP contribution in [0.1, 0.15) is 25.3 Å². The molecule has 1 aromatic carbocycles. The van der Waals surface area contributed by atoms with E-state index in [0.717, 1.165) is 24.9 Å². The van der Waals surface area contributed by atoms with Gasteiger partial charge in [0.2, 0.25) is 0 Å². The van der Waals surface area contributed by atoms with E-state index in [4.69, 9.17) is 5.11 Å². The summed E-state index contributed by atoms with van der Waals surface area (Å²) in [5.74, 6) is -0.224. The van der Waals surface area contributed by atoms with Gasteiger partial charge in [0.1, 0.15) is 5.82 Å². The van der Waals surface area contributed by atoms with E-state index in [1.807, 2.05) is 24.8 Å². The number of likely N-dealkylation sites (N-methyl/N-ethyl adjacent to an activating group) is 1. The molecule has 0 radical (unpaired) electrons. The Bertz CT molecular complexity index is 539. The molecule has 6 heteroatoms. The van der Waals surface area contributed by atoms with Crippen LogP contribution in [0, 0.1) is 12.7 Å². The number of aliphatic hydroxyl groups is 1. The third-order valence-electron chi connectivity index (χ3n) is 4.23. The fraction of sp³-hybridized carbons (Fsp3) is 0.588. The van der Waals surface area contributed by atoms with Crippen molar-refractivity contribution in [1.29, 1.82) is 0 Å². The van der Waals surface area contributed by atoms with Crippen molar-refractivity contribution in [3.63, 3.8) is 0 Å². The second-order valence-electron chi connectivity index (χ2n) is 5.99. The lowest BCUT2D eigenvalue weighted by Crippen LogP contribution is -2.52. The molecule has 1 saturated heterocycles. The molecule has 128 valence electrons. The minimum atomic E-state index is -0.224. The molecular formula is C17H26FN3O2. The molecule has 0 saturated carbocycles.